The van der Waals surface area contributed by atoms with E-state index in [1.54, 1.807) is 41.3 Å². The zero-order valence-electron chi connectivity index (χ0n) is 17.5. The third-order valence-electron chi connectivity index (χ3n) is 5.23. The van der Waals surface area contributed by atoms with E-state index in [1.165, 1.54) is 30.3 Å². The maximum absolute atomic E-state index is 13.2. The minimum absolute atomic E-state index is 0.126. The number of hydrogen-bond acceptors (Lipinski definition) is 4. The maximum atomic E-state index is 13.2. The molecule has 1 aliphatic rings. The van der Waals surface area contributed by atoms with Gasteiger partial charge in [0.25, 0.3) is 15.9 Å². The molecule has 0 atom stereocenters. The number of ether oxygens (including phenoxy) is 1. The molecule has 32 heavy (non-hydrogen) atoms. The highest BCUT2D eigenvalue weighted by atomic mass is 32.2. The average Bonchev–Trinajstić information content (AvgIpc) is 2.79. The number of sulfonamides is 1. The van der Waals surface area contributed by atoms with Crippen molar-refractivity contribution in [3.05, 3.63) is 83.7 Å². The minimum atomic E-state index is -3.80. The fourth-order valence-corrected chi connectivity index (χ4v) is 4.81. The van der Waals surface area contributed by atoms with E-state index in [0.717, 1.165) is 5.56 Å². The number of carbonyl (C=O) groups is 1. The molecule has 0 aromatic heterocycles. The molecule has 0 aliphatic carbocycles. The molecule has 6 nitrogen and oxygen atoms in total. The van der Waals surface area contributed by atoms with Crippen LogP contribution in [-0.4, -0.2) is 27.5 Å². The van der Waals surface area contributed by atoms with Gasteiger partial charge in [-0.2, -0.15) is 0 Å². The van der Waals surface area contributed by atoms with E-state index in [1.807, 2.05) is 6.92 Å². The lowest BCUT2D eigenvalue weighted by atomic mass is 10.0. The SMILES string of the molecule is CCOc1ccc(NS(=O)(=O)c2ccc3c(c2)CCCN3C(=O)c2ccc(F)cc2)cc1. The zero-order valence-corrected chi connectivity index (χ0v) is 18.4. The predicted octanol–water partition coefficient (Wildman–Crippen LogP) is 4.62. The highest BCUT2D eigenvalue weighted by Gasteiger charge is 2.25. The van der Waals surface area contributed by atoms with Gasteiger partial charge in [0.1, 0.15) is 11.6 Å². The predicted molar refractivity (Wildman–Crippen MR) is 121 cm³/mol. The summed E-state index contributed by atoms with van der Waals surface area (Å²) in [4.78, 5) is 14.7. The summed E-state index contributed by atoms with van der Waals surface area (Å²) in [6.07, 6.45) is 1.37. The molecule has 3 aromatic carbocycles. The number of benzene rings is 3. The van der Waals surface area contributed by atoms with E-state index in [0.29, 0.717) is 48.7 Å². The Labute approximate surface area is 186 Å². The van der Waals surface area contributed by atoms with Crippen LogP contribution in [0.4, 0.5) is 15.8 Å². The quantitative estimate of drug-likeness (QED) is 0.590. The number of nitrogens with zero attached hydrogens (tertiary/aromatic N) is 1. The zero-order chi connectivity index (χ0) is 22.7. The number of hydrogen-bond donors (Lipinski definition) is 1. The van der Waals surface area contributed by atoms with E-state index < -0.39 is 15.8 Å². The van der Waals surface area contributed by atoms with Crippen LogP contribution in [0.5, 0.6) is 5.75 Å². The minimum Gasteiger partial charge on any atom is -0.494 e. The lowest BCUT2D eigenvalue weighted by molar-refractivity contribution is 0.0985. The molecule has 0 saturated heterocycles. The Kier molecular flexibility index (Phi) is 6.14. The monoisotopic (exact) mass is 454 g/mol. The number of nitrogens with one attached hydrogen (secondary N) is 1. The van der Waals surface area contributed by atoms with Gasteiger partial charge in [0, 0.05) is 23.5 Å². The van der Waals surface area contributed by atoms with Crippen LogP contribution in [0.25, 0.3) is 0 Å². The average molecular weight is 455 g/mol. The van der Waals surface area contributed by atoms with Crippen LogP contribution in [0.15, 0.2) is 71.6 Å². The Morgan fingerprint density at radius 2 is 1.78 bits per heavy atom. The van der Waals surface area contributed by atoms with Gasteiger partial charge < -0.3 is 9.64 Å². The van der Waals surface area contributed by atoms with Gasteiger partial charge in [0.05, 0.1) is 11.5 Å². The van der Waals surface area contributed by atoms with Crippen LogP contribution in [0.1, 0.15) is 29.3 Å². The number of carbonyl (C=O) groups excluding carboxylic acids is 1. The van der Waals surface area contributed by atoms with E-state index in [9.17, 15) is 17.6 Å². The van der Waals surface area contributed by atoms with E-state index in [-0.39, 0.29) is 10.8 Å². The molecule has 1 N–H and O–H groups in total. The normalized spacial score (nSPS) is 13.4. The first-order valence-corrected chi connectivity index (χ1v) is 11.8. The van der Waals surface area contributed by atoms with Crippen LogP contribution >= 0.6 is 0 Å². The van der Waals surface area contributed by atoms with Crippen molar-refractivity contribution in [3.8, 4) is 5.75 Å². The largest absolute Gasteiger partial charge is 0.494 e. The Balaban J connectivity index is 1.57. The highest BCUT2D eigenvalue weighted by molar-refractivity contribution is 7.92. The molecule has 0 bridgehead atoms. The Morgan fingerprint density at radius 3 is 2.47 bits per heavy atom. The number of rotatable bonds is 6. The van der Waals surface area contributed by atoms with Gasteiger partial charge in [-0.05, 0) is 92.1 Å². The smallest absolute Gasteiger partial charge is 0.261 e. The topological polar surface area (TPSA) is 75.7 Å². The molecule has 1 heterocycles. The first-order valence-electron chi connectivity index (χ1n) is 10.3. The fourth-order valence-electron chi connectivity index (χ4n) is 3.70. The third-order valence-corrected chi connectivity index (χ3v) is 6.61. The maximum Gasteiger partial charge on any atom is 0.261 e. The standard InChI is InChI=1S/C24H23FN2O4S/c1-2-31-21-11-9-20(10-12-21)26-32(29,30)22-13-14-23-18(16-22)4-3-15-27(23)24(28)17-5-7-19(25)8-6-17/h5-14,16,26H,2-4,15H2,1H3. The van der Waals surface area contributed by atoms with Gasteiger partial charge in [-0.1, -0.05) is 0 Å². The lowest BCUT2D eigenvalue weighted by Gasteiger charge is -2.30. The summed E-state index contributed by atoms with van der Waals surface area (Å²) in [6, 6.07) is 16.8. The molecule has 8 heteroatoms. The number of aryl methyl sites for hydroxylation is 1. The molecule has 166 valence electrons. The second-order valence-corrected chi connectivity index (χ2v) is 9.10. The second kappa shape index (κ2) is 9.00. The molecule has 0 fully saturated rings. The van der Waals surface area contributed by atoms with E-state index in [4.69, 9.17) is 4.74 Å². The van der Waals surface area contributed by atoms with Crippen molar-refractivity contribution in [2.24, 2.45) is 0 Å². The lowest BCUT2D eigenvalue weighted by Crippen LogP contribution is -2.35. The van der Waals surface area contributed by atoms with Gasteiger partial charge in [0.2, 0.25) is 0 Å². The summed E-state index contributed by atoms with van der Waals surface area (Å²) in [5.74, 6) is 0.0136. The van der Waals surface area contributed by atoms with Gasteiger partial charge in [-0.25, -0.2) is 12.8 Å². The van der Waals surface area contributed by atoms with Crippen molar-refractivity contribution in [1.82, 2.24) is 0 Å². The van der Waals surface area contributed by atoms with Crippen LogP contribution in [0, 0.1) is 5.82 Å². The Bertz CT molecular complexity index is 1230. The summed E-state index contributed by atoms with van der Waals surface area (Å²) in [5, 5.41) is 0. The van der Waals surface area contributed by atoms with Crippen LogP contribution < -0.4 is 14.4 Å². The number of halogens is 1. The van der Waals surface area contributed by atoms with E-state index >= 15 is 0 Å². The second-order valence-electron chi connectivity index (χ2n) is 7.42. The molecule has 0 radical (unpaired) electrons. The third kappa shape index (κ3) is 4.60. The summed E-state index contributed by atoms with van der Waals surface area (Å²) >= 11 is 0. The number of amides is 1. The first-order chi connectivity index (χ1) is 15.4. The van der Waals surface area contributed by atoms with Crippen LogP contribution in [-0.2, 0) is 16.4 Å². The molecular formula is C24H23FN2O4S. The van der Waals surface area contributed by atoms with Gasteiger partial charge >= 0.3 is 0 Å². The highest BCUT2D eigenvalue weighted by Crippen LogP contribution is 2.31. The molecule has 0 spiro atoms. The molecule has 3 aromatic rings. The molecular weight excluding hydrogens is 431 g/mol. The fraction of sp³-hybridized carbons (Fsp3) is 0.208. The van der Waals surface area contributed by atoms with Crippen molar-refractivity contribution in [2.75, 3.05) is 22.8 Å². The summed E-state index contributed by atoms with van der Waals surface area (Å²) in [6.45, 7) is 2.92. The summed E-state index contributed by atoms with van der Waals surface area (Å²) in [7, 11) is -3.80. The van der Waals surface area contributed by atoms with Crippen molar-refractivity contribution < 1.29 is 22.3 Å². The van der Waals surface area contributed by atoms with Crippen molar-refractivity contribution in [1.29, 1.82) is 0 Å². The Morgan fingerprint density at radius 1 is 1.06 bits per heavy atom. The van der Waals surface area contributed by atoms with Crippen molar-refractivity contribution in [2.45, 2.75) is 24.7 Å². The van der Waals surface area contributed by atoms with Crippen LogP contribution in [0.2, 0.25) is 0 Å². The molecule has 1 aliphatic heterocycles. The number of anilines is 2. The summed E-state index contributed by atoms with van der Waals surface area (Å²) in [5.41, 5.74) is 2.26. The van der Waals surface area contributed by atoms with Crippen molar-refractivity contribution >= 4 is 27.3 Å². The summed E-state index contributed by atoms with van der Waals surface area (Å²) < 4.78 is 47.0. The van der Waals surface area contributed by atoms with Gasteiger partial charge in [-0.15, -0.1) is 0 Å². The Hall–Kier alpha value is -3.39. The first kappa shape index (κ1) is 21.8. The van der Waals surface area contributed by atoms with Gasteiger partial charge in [-0.3, -0.25) is 9.52 Å². The number of fused-ring (bicyclic) bond motifs is 1. The molecule has 0 unspecified atom stereocenters. The van der Waals surface area contributed by atoms with Crippen molar-refractivity contribution in [3.63, 3.8) is 0 Å². The molecule has 1 amide bonds. The van der Waals surface area contributed by atoms with Crippen LogP contribution in [0.3, 0.4) is 0 Å². The van der Waals surface area contributed by atoms with E-state index in [2.05, 4.69) is 4.72 Å². The molecule has 0 saturated carbocycles. The molecule has 4 rings (SSSR count). The van der Waals surface area contributed by atoms with Gasteiger partial charge in [0.15, 0.2) is 0 Å².